The first-order chi connectivity index (χ1) is 9.67. The number of aromatic nitrogens is 2. The van der Waals surface area contributed by atoms with Gasteiger partial charge in [-0.3, -0.25) is 4.79 Å². The molecule has 20 heavy (non-hydrogen) atoms. The lowest BCUT2D eigenvalue weighted by atomic mass is 10.1. The van der Waals surface area contributed by atoms with Gasteiger partial charge in [-0.05, 0) is 31.4 Å². The van der Waals surface area contributed by atoms with Crippen molar-refractivity contribution in [3.05, 3.63) is 29.6 Å². The molecule has 1 saturated carbocycles. The van der Waals surface area contributed by atoms with Crippen LogP contribution in [0.4, 0.5) is 0 Å². The van der Waals surface area contributed by atoms with Gasteiger partial charge >= 0.3 is 0 Å². The number of hydrogen-bond acceptors (Lipinski definition) is 3. The van der Waals surface area contributed by atoms with E-state index in [1.54, 1.807) is 7.05 Å². The van der Waals surface area contributed by atoms with Gasteiger partial charge < -0.3 is 15.6 Å². The van der Waals surface area contributed by atoms with Crippen LogP contribution < -0.4 is 11.1 Å². The third-order valence-electron chi connectivity index (χ3n) is 3.89. The van der Waals surface area contributed by atoms with Gasteiger partial charge in [0.2, 0.25) is 0 Å². The van der Waals surface area contributed by atoms with Gasteiger partial charge in [-0.25, -0.2) is 4.98 Å². The van der Waals surface area contributed by atoms with Gasteiger partial charge in [0.25, 0.3) is 5.91 Å². The van der Waals surface area contributed by atoms with Crippen LogP contribution in [0, 0.1) is 0 Å². The van der Waals surface area contributed by atoms with E-state index in [4.69, 9.17) is 5.73 Å². The van der Waals surface area contributed by atoms with Crippen LogP contribution in [0.3, 0.4) is 0 Å². The smallest absolute Gasteiger partial charge is 0.253 e. The highest BCUT2D eigenvalue weighted by atomic mass is 16.1. The number of nitrogens with two attached hydrogens (primary N) is 1. The minimum absolute atomic E-state index is 0.0750. The van der Waals surface area contributed by atoms with E-state index in [0.29, 0.717) is 11.6 Å². The molecular weight excluding hydrogens is 252 g/mol. The lowest BCUT2D eigenvalue weighted by Gasteiger charge is -2.13. The third kappa shape index (κ3) is 1.98. The van der Waals surface area contributed by atoms with Crippen molar-refractivity contribution in [2.75, 3.05) is 7.05 Å². The number of amides is 1. The number of carbonyl (C=O) groups excluding carboxylic acids is 1. The summed E-state index contributed by atoms with van der Waals surface area (Å²) in [5.41, 5.74) is 8.66. The van der Waals surface area contributed by atoms with Crippen molar-refractivity contribution in [2.45, 2.75) is 38.3 Å². The van der Waals surface area contributed by atoms with Gasteiger partial charge in [0.1, 0.15) is 5.82 Å². The number of para-hydroxylation sites is 1. The van der Waals surface area contributed by atoms with Crippen LogP contribution in [0.15, 0.2) is 18.2 Å². The summed E-state index contributed by atoms with van der Waals surface area (Å²) in [5.74, 6) is 0.829. The van der Waals surface area contributed by atoms with Crippen LogP contribution in [-0.4, -0.2) is 22.5 Å². The molecule has 1 heterocycles. The summed E-state index contributed by atoms with van der Waals surface area (Å²) in [4.78, 5) is 16.8. The van der Waals surface area contributed by atoms with Gasteiger partial charge in [-0.2, -0.15) is 0 Å². The average molecular weight is 272 g/mol. The first-order valence-electron chi connectivity index (χ1n) is 7.15. The van der Waals surface area contributed by atoms with E-state index in [-0.39, 0.29) is 11.9 Å². The highest BCUT2D eigenvalue weighted by molar-refractivity contribution is 6.05. The Kier molecular flexibility index (Phi) is 3.22. The molecule has 5 heteroatoms. The Morgan fingerprint density at radius 3 is 2.90 bits per heavy atom. The topological polar surface area (TPSA) is 72.9 Å². The molecule has 3 N–H and O–H groups in total. The van der Waals surface area contributed by atoms with E-state index in [0.717, 1.165) is 36.1 Å². The summed E-state index contributed by atoms with van der Waals surface area (Å²) in [6, 6.07) is 6.03. The summed E-state index contributed by atoms with van der Waals surface area (Å²) in [5, 5.41) is 2.70. The van der Waals surface area contributed by atoms with Crippen LogP contribution in [-0.2, 0) is 0 Å². The number of nitrogens with zero attached hydrogens (tertiary/aromatic N) is 2. The van der Waals surface area contributed by atoms with Crippen molar-refractivity contribution in [2.24, 2.45) is 5.73 Å². The molecule has 1 fully saturated rings. The fraction of sp³-hybridized carbons (Fsp3) is 0.467. The van der Waals surface area contributed by atoms with Crippen molar-refractivity contribution in [3.8, 4) is 0 Å². The molecule has 1 aliphatic rings. The average Bonchev–Trinajstić information content (AvgIpc) is 3.24. The predicted molar refractivity (Wildman–Crippen MR) is 78.6 cm³/mol. The number of benzene rings is 1. The van der Waals surface area contributed by atoms with Crippen molar-refractivity contribution in [1.29, 1.82) is 0 Å². The Labute approximate surface area is 118 Å². The Balaban J connectivity index is 2.28. The maximum absolute atomic E-state index is 12.1. The second kappa shape index (κ2) is 4.90. The molecule has 1 aliphatic carbocycles. The molecular formula is C15H20N4O. The molecule has 1 amide bonds. The molecule has 0 aliphatic heterocycles. The fourth-order valence-electron chi connectivity index (χ4n) is 2.63. The zero-order chi connectivity index (χ0) is 14.3. The normalized spacial score (nSPS) is 16.4. The quantitative estimate of drug-likeness (QED) is 0.895. The Morgan fingerprint density at radius 2 is 2.30 bits per heavy atom. The van der Waals surface area contributed by atoms with Gasteiger partial charge in [0, 0.05) is 13.1 Å². The van der Waals surface area contributed by atoms with Crippen LogP contribution >= 0.6 is 0 Å². The zero-order valence-corrected chi connectivity index (χ0v) is 11.9. The van der Waals surface area contributed by atoms with Crippen LogP contribution in [0.2, 0.25) is 0 Å². The van der Waals surface area contributed by atoms with Gasteiger partial charge in [0.05, 0.1) is 22.6 Å². The van der Waals surface area contributed by atoms with E-state index in [9.17, 15) is 4.79 Å². The summed E-state index contributed by atoms with van der Waals surface area (Å²) < 4.78 is 2.19. The number of fused-ring (bicyclic) bond motifs is 1. The Hall–Kier alpha value is -1.88. The largest absolute Gasteiger partial charge is 0.355 e. The first kappa shape index (κ1) is 13.1. The summed E-state index contributed by atoms with van der Waals surface area (Å²) in [7, 11) is 1.65. The van der Waals surface area contributed by atoms with Crippen molar-refractivity contribution in [1.82, 2.24) is 14.9 Å². The van der Waals surface area contributed by atoms with E-state index < -0.39 is 0 Å². The van der Waals surface area contributed by atoms with Crippen molar-refractivity contribution < 1.29 is 4.79 Å². The van der Waals surface area contributed by atoms with E-state index >= 15 is 0 Å². The van der Waals surface area contributed by atoms with Crippen LogP contribution in [0.5, 0.6) is 0 Å². The molecule has 1 unspecified atom stereocenters. The maximum atomic E-state index is 12.1. The van der Waals surface area contributed by atoms with E-state index in [2.05, 4.69) is 21.8 Å². The number of imidazole rings is 1. The molecule has 1 atom stereocenters. The number of hydrogen-bond donors (Lipinski definition) is 2. The minimum Gasteiger partial charge on any atom is -0.355 e. The third-order valence-corrected chi connectivity index (χ3v) is 3.89. The van der Waals surface area contributed by atoms with Gasteiger partial charge in [-0.1, -0.05) is 13.0 Å². The highest BCUT2D eigenvalue weighted by Crippen LogP contribution is 2.40. The van der Waals surface area contributed by atoms with Gasteiger partial charge in [0.15, 0.2) is 0 Å². The fourth-order valence-corrected chi connectivity index (χ4v) is 2.63. The summed E-state index contributed by atoms with van der Waals surface area (Å²) >= 11 is 0. The second-order valence-electron chi connectivity index (χ2n) is 5.34. The summed E-state index contributed by atoms with van der Waals surface area (Å²) in [6.45, 7) is 2.06. The number of nitrogens with one attached hydrogen (secondary N) is 1. The molecule has 106 valence electrons. The Bertz CT molecular complexity index is 657. The second-order valence-corrected chi connectivity index (χ2v) is 5.34. The molecule has 0 bridgehead atoms. The molecule has 1 aromatic carbocycles. The summed E-state index contributed by atoms with van der Waals surface area (Å²) in [6.07, 6.45) is 3.11. The van der Waals surface area contributed by atoms with Crippen molar-refractivity contribution >= 4 is 16.9 Å². The number of carbonyl (C=O) groups is 1. The molecule has 0 radical (unpaired) electrons. The minimum atomic E-state index is -0.0828. The van der Waals surface area contributed by atoms with Crippen LogP contribution in [0.25, 0.3) is 11.0 Å². The standard InChI is InChI=1S/C15H20N4O/c1-3-11(16)14-18-12-6-4-5-10(15(20)17-2)13(12)19(14)9-7-8-9/h4-6,9,11H,3,7-8,16H2,1-2H3,(H,17,20). The molecule has 0 spiro atoms. The Morgan fingerprint density at radius 1 is 1.55 bits per heavy atom. The lowest BCUT2D eigenvalue weighted by molar-refractivity contribution is 0.0964. The van der Waals surface area contributed by atoms with Gasteiger partial charge in [-0.15, -0.1) is 0 Å². The molecule has 5 nitrogen and oxygen atoms in total. The SMILES string of the molecule is CCC(N)c1nc2cccc(C(=O)NC)c2n1C1CC1. The van der Waals surface area contributed by atoms with E-state index in [1.165, 1.54) is 0 Å². The molecule has 1 aromatic heterocycles. The van der Waals surface area contributed by atoms with E-state index in [1.807, 2.05) is 18.2 Å². The highest BCUT2D eigenvalue weighted by Gasteiger charge is 2.31. The number of rotatable bonds is 4. The molecule has 2 aromatic rings. The predicted octanol–water partition coefficient (Wildman–Crippen LogP) is 2.14. The first-order valence-corrected chi connectivity index (χ1v) is 7.15. The zero-order valence-electron chi connectivity index (χ0n) is 11.9. The lowest BCUT2D eigenvalue weighted by Crippen LogP contribution is -2.20. The monoisotopic (exact) mass is 272 g/mol. The van der Waals surface area contributed by atoms with Crippen LogP contribution in [0.1, 0.15) is 54.5 Å². The van der Waals surface area contributed by atoms with Crippen molar-refractivity contribution in [3.63, 3.8) is 0 Å². The molecule has 3 rings (SSSR count). The maximum Gasteiger partial charge on any atom is 0.253 e. The molecule has 0 saturated heterocycles.